The summed E-state index contributed by atoms with van der Waals surface area (Å²) in [6, 6.07) is 5.52. The predicted octanol–water partition coefficient (Wildman–Crippen LogP) is 2.01. The number of non-ortho nitro benzene ring substituents is 1. The van der Waals surface area contributed by atoms with Crippen molar-refractivity contribution in [1.29, 1.82) is 0 Å². The first-order valence-electron chi connectivity index (χ1n) is 6.95. The molecule has 1 heterocycles. The van der Waals surface area contributed by atoms with Gasteiger partial charge in [-0.25, -0.2) is 10.2 Å². The van der Waals surface area contributed by atoms with Gasteiger partial charge in [0.1, 0.15) is 5.75 Å². The lowest BCUT2D eigenvalue weighted by Gasteiger charge is -2.13. The van der Waals surface area contributed by atoms with Crippen LogP contribution in [0.3, 0.4) is 0 Å². The third kappa shape index (κ3) is 3.35. The Morgan fingerprint density at radius 1 is 1.42 bits per heavy atom. The topological polar surface area (TPSA) is 125 Å². The number of methoxy groups -OCH3 is 1. The predicted molar refractivity (Wildman–Crippen MR) is 88.8 cm³/mol. The zero-order valence-corrected chi connectivity index (χ0v) is 13.4. The number of nitro groups is 1. The largest absolute Gasteiger partial charge is 0.494 e. The molecule has 2 amide bonds. The number of nitrogens with two attached hydrogens (primary N) is 1. The van der Waals surface area contributed by atoms with E-state index in [-0.39, 0.29) is 5.69 Å². The minimum atomic E-state index is -0.753. The number of ether oxygens (including phenoxy) is 1. The van der Waals surface area contributed by atoms with E-state index in [1.54, 1.807) is 6.07 Å². The number of hydrazone groups is 1. The number of aromatic nitrogens is 1. The van der Waals surface area contributed by atoms with Gasteiger partial charge in [0.2, 0.25) is 0 Å². The Morgan fingerprint density at radius 2 is 2.12 bits per heavy atom. The molecule has 1 aromatic heterocycles. The number of hydrogen-bond donors (Lipinski definition) is 2. The maximum atomic E-state index is 10.9. The van der Waals surface area contributed by atoms with Crippen LogP contribution in [0.25, 0.3) is 5.69 Å². The first-order valence-corrected chi connectivity index (χ1v) is 6.95. The van der Waals surface area contributed by atoms with Gasteiger partial charge in [0.05, 0.1) is 30.0 Å². The molecule has 126 valence electrons. The quantitative estimate of drug-likeness (QED) is 0.494. The number of amides is 2. The molecule has 2 rings (SSSR count). The molecule has 9 heteroatoms. The SMILES string of the molecule is COc1cc([N+](=O)[O-])ccc1-n1c(C)cc(/C=N\NC(N)=O)c1C. The monoisotopic (exact) mass is 331 g/mol. The van der Waals surface area contributed by atoms with E-state index in [1.165, 1.54) is 25.5 Å². The van der Waals surface area contributed by atoms with Crippen molar-refractivity contribution < 1.29 is 14.5 Å². The molecule has 0 bridgehead atoms. The number of nitrogens with zero attached hydrogens (tertiary/aromatic N) is 3. The highest BCUT2D eigenvalue weighted by molar-refractivity contribution is 5.83. The maximum absolute atomic E-state index is 10.9. The standard InChI is InChI=1S/C15H17N5O4/c1-9-6-11(8-17-18-15(16)21)10(2)19(9)13-5-4-12(20(22)23)7-14(13)24-3/h4-8H,1-3H3,(H3,16,18,21)/b17-8-. The highest BCUT2D eigenvalue weighted by atomic mass is 16.6. The number of urea groups is 1. The summed E-state index contributed by atoms with van der Waals surface area (Å²) in [5.41, 5.74) is 10.2. The van der Waals surface area contributed by atoms with Gasteiger partial charge in [0.15, 0.2) is 0 Å². The first kappa shape index (κ1) is 17.0. The van der Waals surface area contributed by atoms with E-state index in [4.69, 9.17) is 10.5 Å². The van der Waals surface area contributed by atoms with Gasteiger partial charge in [-0.05, 0) is 26.0 Å². The Kier molecular flexibility index (Phi) is 4.83. The number of nitrogens with one attached hydrogen (secondary N) is 1. The van der Waals surface area contributed by atoms with Crippen molar-refractivity contribution in [3.8, 4) is 11.4 Å². The number of nitro benzene ring substituents is 1. The third-order valence-corrected chi connectivity index (χ3v) is 3.46. The van der Waals surface area contributed by atoms with Crippen LogP contribution < -0.4 is 15.9 Å². The molecule has 0 aliphatic heterocycles. The molecule has 0 spiro atoms. The van der Waals surface area contributed by atoms with E-state index in [0.717, 1.165) is 17.0 Å². The van der Waals surface area contributed by atoms with Gasteiger partial charge in [0.25, 0.3) is 5.69 Å². The minimum absolute atomic E-state index is 0.0505. The molecule has 0 fully saturated rings. The van der Waals surface area contributed by atoms with E-state index < -0.39 is 11.0 Å². The Bertz CT molecular complexity index is 826. The molecule has 0 saturated carbocycles. The van der Waals surface area contributed by atoms with Gasteiger partial charge < -0.3 is 15.0 Å². The van der Waals surface area contributed by atoms with Gasteiger partial charge in [-0.3, -0.25) is 10.1 Å². The first-order chi connectivity index (χ1) is 11.3. The summed E-state index contributed by atoms with van der Waals surface area (Å²) in [5, 5.41) is 14.7. The fourth-order valence-corrected chi connectivity index (χ4v) is 2.42. The summed E-state index contributed by atoms with van der Waals surface area (Å²) in [6.07, 6.45) is 1.47. The summed E-state index contributed by atoms with van der Waals surface area (Å²) in [4.78, 5) is 21.1. The summed E-state index contributed by atoms with van der Waals surface area (Å²) in [6.45, 7) is 3.74. The van der Waals surface area contributed by atoms with Crippen LogP contribution in [0.5, 0.6) is 5.75 Å². The summed E-state index contributed by atoms with van der Waals surface area (Å²) >= 11 is 0. The van der Waals surface area contributed by atoms with Crippen LogP contribution >= 0.6 is 0 Å². The van der Waals surface area contributed by atoms with Crippen LogP contribution in [-0.4, -0.2) is 28.8 Å². The fourth-order valence-electron chi connectivity index (χ4n) is 2.42. The second kappa shape index (κ2) is 6.82. The van der Waals surface area contributed by atoms with Crippen LogP contribution in [0.2, 0.25) is 0 Å². The number of rotatable bonds is 5. The Labute approximate surface area is 137 Å². The number of carbonyl (C=O) groups excluding carboxylic acids is 1. The molecule has 0 saturated heterocycles. The van der Waals surface area contributed by atoms with E-state index in [1.807, 2.05) is 24.5 Å². The Morgan fingerprint density at radius 3 is 2.71 bits per heavy atom. The average molecular weight is 331 g/mol. The molecule has 24 heavy (non-hydrogen) atoms. The van der Waals surface area contributed by atoms with Crippen molar-refractivity contribution in [2.75, 3.05) is 7.11 Å². The van der Waals surface area contributed by atoms with Gasteiger partial charge in [-0.1, -0.05) is 0 Å². The lowest BCUT2D eigenvalue weighted by molar-refractivity contribution is -0.384. The average Bonchev–Trinajstić information content (AvgIpc) is 2.80. The van der Waals surface area contributed by atoms with Crippen LogP contribution in [0.1, 0.15) is 17.0 Å². The molecule has 2 aromatic rings. The van der Waals surface area contributed by atoms with Crippen molar-refractivity contribution in [3.05, 3.63) is 51.3 Å². The van der Waals surface area contributed by atoms with Crippen molar-refractivity contribution in [2.45, 2.75) is 13.8 Å². The van der Waals surface area contributed by atoms with Crippen molar-refractivity contribution in [3.63, 3.8) is 0 Å². The van der Waals surface area contributed by atoms with Gasteiger partial charge >= 0.3 is 6.03 Å². The normalized spacial score (nSPS) is 10.8. The Hall–Kier alpha value is -3.36. The minimum Gasteiger partial charge on any atom is -0.494 e. The van der Waals surface area contributed by atoms with Crippen molar-refractivity contribution >= 4 is 17.9 Å². The lowest BCUT2D eigenvalue weighted by atomic mass is 10.2. The van der Waals surface area contributed by atoms with Gasteiger partial charge in [0, 0.05) is 23.0 Å². The Balaban J connectivity index is 2.49. The molecular weight excluding hydrogens is 314 g/mol. The maximum Gasteiger partial charge on any atom is 0.332 e. The number of aryl methyl sites for hydroxylation is 1. The highest BCUT2D eigenvalue weighted by Crippen LogP contribution is 2.31. The van der Waals surface area contributed by atoms with Crippen LogP contribution in [0.4, 0.5) is 10.5 Å². The molecule has 9 nitrogen and oxygen atoms in total. The van der Waals surface area contributed by atoms with Crippen LogP contribution in [-0.2, 0) is 0 Å². The van der Waals surface area contributed by atoms with Gasteiger partial charge in [-0.2, -0.15) is 5.10 Å². The molecule has 0 aliphatic rings. The molecule has 1 aromatic carbocycles. The highest BCUT2D eigenvalue weighted by Gasteiger charge is 2.16. The number of benzene rings is 1. The molecule has 3 N–H and O–H groups in total. The van der Waals surface area contributed by atoms with E-state index in [9.17, 15) is 14.9 Å². The molecule has 0 unspecified atom stereocenters. The number of hydrogen-bond acceptors (Lipinski definition) is 5. The molecule has 0 radical (unpaired) electrons. The van der Waals surface area contributed by atoms with Gasteiger partial charge in [-0.15, -0.1) is 0 Å². The molecule has 0 atom stereocenters. The second-order valence-corrected chi connectivity index (χ2v) is 5.01. The summed E-state index contributed by atoms with van der Waals surface area (Å²) < 4.78 is 7.17. The van der Waals surface area contributed by atoms with E-state index in [2.05, 4.69) is 10.5 Å². The van der Waals surface area contributed by atoms with Crippen LogP contribution in [0, 0.1) is 24.0 Å². The van der Waals surface area contributed by atoms with Crippen molar-refractivity contribution in [2.24, 2.45) is 10.8 Å². The van der Waals surface area contributed by atoms with Crippen molar-refractivity contribution in [1.82, 2.24) is 9.99 Å². The van der Waals surface area contributed by atoms with Crippen LogP contribution in [0.15, 0.2) is 29.4 Å². The zero-order chi connectivity index (χ0) is 17.9. The van der Waals surface area contributed by atoms with E-state index in [0.29, 0.717) is 11.4 Å². The number of carbonyl (C=O) groups is 1. The molecular formula is C15H17N5O4. The zero-order valence-electron chi connectivity index (χ0n) is 13.4. The fraction of sp³-hybridized carbons (Fsp3) is 0.200. The van der Waals surface area contributed by atoms with E-state index >= 15 is 0 Å². The second-order valence-electron chi connectivity index (χ2n) is 5.01. The molecule has 0 aliphatic carbocycles. The number of primary amides is 1. The smallest absolute Gasteiger partial charge is 0.332 e. The summed E-state index contributed by atoms with van der Waals surface area (Å²) in [7, 11) is 1.45. The third-order valence-electron chi connectivity index (χ3n) is 3.46. The lowest BCUT2D eigenvalue weighted by Crippen LogP contribution is -2.24. The summed E-state index contributed by atoms with van der Waals surface area (Å²) in [5.74, 6) is 0.379.